The van der Waals surface area contributed by atoms with E-state index in [1.54, 1.807) is 0 Å². The van der Waals surface area contributed by atoms with Crippen molar-refractivity contribution in [3.63, 3.8) is 0 Å². The Morgan fingerprint density at radius 2 is 1.75 bits per heavy atom. The average Bonchev–Trinajstić information content (AvgIpc) is 2.48. The van der Waals surface area contributed by atoms with Crippen LogP contribution in [-0.2, 0) is 28.1 Å². The van der Waals surface area contributed by atoms with Gasteiger partial charge >= 0.3 is 7.82 Å². The van der Waals surface area contributed by atoms with E-state index in [9.17, 15) is 24.7 Å². The van der Waals surface area contributed by atoms with Crippen LogP contribution in [0.4, 0.5) is 0 Å². The highest BCUT2D eigenvalue weighted by atomic mass is 31.2. The number of phosphoric acid groups is 1. The van der Waals surface area contributed by atoms with Gasteiger partial charge in [-0.25, -0.2) is 4.57 Å². The smallest absolute Gasteiger partial charge is 0.387 e. The fourth-order valence-corrected chi connectivity index (χ4v) is 2.20. The number of carbonyl (C=O) groups excluding carboxylic acids is 1. The average molecular weight is 370 g/mol. The Labute approximate surface area is 139 Å². The van der Waals surface area contributed by atoms with Gasteiger partial charge in [0.15, 0.2) is 14.1 Å². The molecule has 5 atom stereocenters. The summed E-state index contributed by atoms with van der Waals surface area (Å²) in [7, 11) is 0.133. The molecule has 1 fully saturated rings. The molecule has 5 N–H and O–H groups in total. The van der Waals surface area contributed by atoms with Crippen LogP contribution >= 0.6 is 7.82 Å². The molecule has 0 amide bonds. The maximum absolute atomic E-state index is 10.7. The summed E-state index contributed by atoms with van der Waals surface area (Å²) < 4.78 is 30.2. The molecule has 1 heterocycles. The molecule has 1 rings (SSSR count). The van der Waals surface area contributed by atoms with Crippen molar-refractivity contribution >= 4 is 21.4 Å². The van der Waals surface area contributed by atoms with E-state index in [2.05, 4.69) is 4.52 Å². The molecule has 1 saturated heterocycles. The molecule has 138 valence electrons. The first kappa shape index (κ1) is 21.6. The molecule has 24 heavy (non-hydrogen) atoms. The second-order valence-electron chi connectivity index (χ2n) is 5.00. The van der Waals surface area contributed by atoms with Gasteiger partial charge in [0.05, 0.1) is 32.1 Å². The predicted molar refractivity (Wildman–Crippen MR) is 76.8 cm³/mol. The van der Waals surface area contributed by atoms with Gasteiger partial charge in [-0.15, -0.1) is 0 Å². The van der Waals surface area contributed by atoms with Gasteiger partial charge in [-0.05, 0) is 0 Å². The van der Waals surface area contributed by atoms with Crippen LogP contribution < -0.4 is 0 Å². The number of ether oxygens (including phenoxy) is 3. The molecule has 0 aromatic rings. The maximum Gasteiger partial charge on any atom is 0.469 e. The second kappa shape index (κ2) is 9.93. The largest absolute Gasteiger partial charge is 0.469 e. The van der Waals surface area contributed by atoms with E-state index in [0.29, 0.717) is 0 Å². The third-order valence-electron chi connectivity index (χ3n) is 3.08. The molecular weight excluding hydrogens is 350 g/mol. The van der Waals surface area contributed by atoms with Gasteiger partial charge in [-0.3, -0.25) is 4.52 Å². The Morgan fingerprint density at radius 3 is 2.33 bits per heavy atom. The van der Waals surface area contributed by atoms with Crippen molar-refractivity contribution in [2.24, 2.45) is 0 Å². The fourth-order valence-electron chi connectivity index (χ4n) is 1.86. The summed E-state index contributed by atoms with van der Waals surface area (Å²) >= 11 is 0. The summed E-state index contributed by atoms with van der Waals surface area (Å²) in [5.41, 5.74) is -0.521. The topological polar surface area (TPSA) is 172 Å². The van der Waals surface area contributed by atoms with Crippen molar-refractivity contribution in [2.75, 3.05) is 26.4 Å². The van der Waals surface area contributed by atoms with Gasteiger partial charge in [-0.2, -0.15) is 0 Å². The summed E-state index contributed by atoms with van der Waals surface area (Å²) in [6, 6.07) is 0. The second-order valence-corrected chi connectivity index (χ2v) is 6.24. The minimum atomic E-state index is -4.79. The van der Waals surface area contributed by atoms with E-state index in [-0.39, 0.29) is 26.2 Å². The van der Waals surface area contributed by atoms with E-state index in [0.717, 1.165) is 0 Å². The van der Waals surface area contributed by atoms with E-state index >= 15 is 0 Å². The number of hydrogen-bond acceptors (Lipinski definition) is 9. The molecule has 11 nitrogen and oxygen atoms in total. The van der Waals surface area contributed by atoms with Gasteiger partial charge < -0.3 is 44.1 Å². The zero-order valence-corrected chi connectivity index (χ0v) is 13.5. The van der Waals surface area contributed by atoms with E-state index < -0.39 is 50.8 Å². The Morgan fingerprint density at radius 1 is 1.08 bits per heavy atom. The van der Waals surface area contributed by atoms with Gasteiger partial charge in [0.25, 0.3) is 0 Å². The first-order valence-electron chi connectivity index (χ1n) is 6.99. The molecule has 0 aliphatic carbocycles. The van der Waals surface area contributed by atoms with Crippen LogP contribution in [0.5, 0.6) is 0 Å². The van der Waals surface area contributed by atoms with Crippen molar-refractivity contribution < 1.29 is 53.2 Å². The third-order valence-corrected chi connectivity index (χ3v) is 3.56. The molecular formula is C11H20BO11P. The quantitative estimate of drug-likeness (QED) is 0.151. The van der Waals surface area contributed by atoms with Gasteiger partial charge in [0.2, 0.25) is 0 Å². The third kappa shape index (κ3) is 7.66. The molecule has 0 aromatic heterocycles. The number of phosphoric ester groups is 1. The van der Waals surface area contributed by atoms with Crippen molar-refractivity contribution in [3.8, 4) is 0 Å². The molecule has 0 saturated carbocycles. The zero-order valence-electron chi connectivity index (χ0n) is 12.6. The highest BCUT2D eigenvalue weighted by Crippen LogP contribution is 2.37. The van der Waals surface area contributed by atoms with Gasteiger partial charge in [-0.1, -0.05) is 0 Å². The molecule has 1 aliphatic heterocycles. The Balaban J connectivity index is 2.42. The first-order valence-corrected chi connectivity index (χ1v) is 8.52. The highest BCUT2D eigenvalue weighted by molar-refractivity contribution is 7.46. The minimum Gasteiger partial charge on any atom is -0.387 e. The normalized spacial score (nSPS) is 31.1. The molecule has 0 spiro atoms. The summed E-state index contributed by atoms with van der Waals surface area (Å²) in [4.78, 5) is 27.8. The zero-order chi connectivity index (χ0) is 18.3. The monoisotopic (exact) mass is 370 g/mol. The van der Waals surface area contributed by atoms with E-state index in [1.165, 1.54) is 0 Å². The van der Waals surface area contributed by atoms with E-state index in [1.807, 2.05) is 0 Å². The van der Waals surface area contributed by atoms with Crippen LogP contribution in [-0.4, -0.2) is 95.8 Å². The van der Waals surface area contributed by atoms with E-state index in [4.69, 9.17) is 31.8 Å². The summed E-state index contributed by atoms with van der Waals surface area (Å²) in [6.07, 6.45) is -7.53. The summed E-state index contributed by atoms with van der Waals surface area (Å²) in [6.45, 7) is -0.658. The van der Waals surface area contributed by atoms with Crippen molar-refractivity contribution in [1.29, 1.82) is 0 Å². The minimum absolute atomic E-state index is 0.0370. The van der Waals surface area contributed by atoms with Crippen LogP contribution in [0.1, 0.15) is 6.42 Å². The Kier molecular flexibility index (Phi) is 8.95. The molecule has 0 bridgehead atoms. The summed E-state index contributed by atoms with van der Waals surface area (Å²) in [5, 5.41) is 29.2. The highest BCUT2D eigenvalue weighted by Gasteiger charge is 2.44. The number of aliphatic hydroxyl groups is 3. The van der Waals surface area contributed by atoms with Crippen molar-refractivity contribution in [3.05, 3.63) is 0 Å². The van der Waals surface area contributed by atoms with Crippen LogP contribution in [0.3, 0.4) is 0 Å². The molecule has 2 radical (unpaired) electrons. The van der Waals surface area contributed by atoms with Crippen LogP contribution in [0.25, 0.3) is 0 Å². The Bertz CT molecular complexity index is 444. The van der Waals surface area contributed by atoms with Crippen LogP contribution in [0.2, 0.25) is 0 Å². The molecule has 5 unspecified atom stereocenters. The summed E-state index contributed by atoms with van der Waals surface area (Å²) in [5.74, 6) is 0. The lowest BCUT2D eigenvalue weighted by molar-refractivity contribution is -0.301. The maximum atomic E-state index is 10.7. The number of rotatable bonds is 10. The van der Waals surface area contributed by atoms with Crippen LogP contribution in [0, 0.1) is 0 Å². The first-order chi connectivity index (χ1) is 11.1. The predicted octanol–water partition coefficient (Wildman–Crippen LogP) is -2.98. The molecule has 0 aromatic carbocycles. The number of hydrogen-bond donors (Lipinski definition) is 5. The fraction of sp³-hybridized carbons (Fsp3) is 0.909. The lowest BCUT2D eigenvalue weighted by atomic mass is 9.99. The standard InChI is InChI=1S/C11H20BO11P/c12-7(13)1-2-20-3-4-21-11-10(16)9(15)8(14)6(23-11)5-22-24(17,18)19/h6,8-11,14-16H,1-5H2,(H2,17,18,19). The lowest BCUT2D eigenvalue weighted by Gasteiger charge is -2.40. The van der Waals surface area contributed by atoms with Crippen molar-refractivity contribution in [2.45, 2.75) is 37.1 Å². The molecule has 1 aliphatic rings. The Hall–Kier alpha value is -0.395. The number of carbonyl (C=O) groups is 1. The number of aliphatic hydroxyl groups excluding tert-OH is 3. The molecule has 13 heteroatoms. The SMILES string of the molecule is [B]C(=O)CCOCCOC1OC(COP(=O)(O)O)C(O)C(O)C1O. The van der Waals surface area contributed by atoms with Gasteiger partial charge in [0.1, 0.15) is 24.4 Å². The van der Waals surface area contributed by atoms with Crippen LogP contribution in [0.15, 0.2) is 0 Å². The lowest BCUT2D eigenvalue weighted by Crippen LogP contribution is -2.59. The van der Waals surface area contributed by atoms with Crippen molar-refractivity contribution in [1.82, 2.24) is 0 Å². The van der Waals surface area contributed by atoms with Gasteiger partial charge in [0, 0.05) is 6.42 Å².